The van der Waals surface area contributed by atoms with Gasteiger partial charge >= 0.3 is 6.09 Å². The summed E-state index contributed by atoms with van der Waals surface area (Å²) in [4.78, 5) is 14.3. The average Bonchev–Trinajstić information content (AvgIpc) is 3.08. The Morgan fingerprint density at radius 3 is 2.62 bits per heavy atom. The van der Waals surface area contributed by atoms with Gasteiger partial charge in [-0.2, -0.15) is 5.10 Å². The quantitative estimate of drug-likeness (QED) is 0.547. The van der Waals surface area contributed by atoms with Gasteiger partial charge in [-0.05, 0) is 30.3 Å². The summed E-state index contributed by atoms with van der Waals surface area (Å²) in [5, 5.41) is 15.0. The zero-order valence-corrected chi connectivity index (χ0v) is 16.8. The molecule has 2 N–H and O–H groups in total. The standard InChI is InChI=1S/C17H13Cl2FN4O4S/c18-13-3-1-10(20)7-14(13)24-16(8-11(23-24)5-6-21-17(25)26)29(27,28)12-2-4-15(19)22-9-12/h1-4,7-9,21H,5-6H2,(H,25,26). The highest BCUT2D eigenvalue weighted by atomic mass is 35.5. The van der Waals surface area contributed by atoms with Crippen LogP contribution in [0.15, 0.2) is 52.5 Å². The summed E-state index contributed by atoms with van der Waals surface area (Å²) in [5.74, 6) is -0.634. The van der Waals surface area contributed by atoms with E-state index in [4.69, 9.17) is 28.3 Å². The summed E-state index contributed by atoms with van der Waals surface area (Å²) in [5.41, 5.74) is 0.282. The number of hydrogen-bond donors (Lipinski definition) is 2. The highest BCUT2D eigenvalue weighted by Crippen LogP contribution is 2.28. The average molecular weight is 459 g/mol. The van der Waals surface area contributed by atoms with E-state index in [0.717, 1.165) is 23.0 Å². The Hall–Kier alpha value is -2.69. The highest BCUT2D eigenvalue weighted by molar-refractivity contribution is 7.91. The Morgan fingerprint density at radius 1 is 1.21 bits per heavy atom. The summed E-state index contributed by atoms with van der Waals surface area (Å²) in [6.45, 7) is 0.00518. The lowest BCUT2D eigenvalue weighted by Crippen LogP contribution is -2.23. The summed E-state index contributed by atoms with van der Waals surface area (Å²) in [6, 6.07) is 7.33. The van der Waals surface area contributed by atoms with E-state index >= 15 is 0 Å². The number of nitrogens with one attached hydrogen (secondary N) is 1. The topological polar surface area (TPSA) is 114 Å². The summed E-state index contributed by atoms with van der Waals surface area (Å²) < 4.78 is 41.1. The van der Waals surface area contributed by atoms with Crippen molar-refractivity contribution in [2.24, 2.45) is 0 Å². The first kappa shape index (κ1) is 21.0. The first-order chi connectivity index (χ1) is 13.7. The second-order valence-electron chi connectivity index (χ2n) is 5.78. The predicted molar refractivity (Wildman–Crippen MR) is 103 cm³/mol. The van der Waals surface area contributed by atoms with Crippen molar-refractivity contribution in [3.8, 4) is 5.69 Å². The van der Waals surface area contributed by atoms with E-state index in [-0.39, 0.29) is 44.4 Å². The number of hydrogen-bond acceptors (Lipinski definition) is 5. The van der Waals surface area contributed by atoms with Gasteiger partial charge < -0.3 is 10.4 Å². The fourth-order valence-corrected chi connectivity index (χ4v) is 4.13. The molecule has 0 unspecified atom stereocenters. The van der Waals surface area contributed by atoms with Crippen LogP contribution in [0.2, 0.25) is 10.2 Å². The fourth-order valence-electron chi connectivity index (χ4n) is 2.48. The van der Waals surface area contributed by atoms with Crippen LogP contribution in [0, 0.1) is 5.82 Å². The van der Waals surface area contributed by atoms with E-state index in [1.807, 2.05) is 0 Å². The number of carboxylic acid groups (broad SMARTS) is 1. The molecule has 0 atom stereocenters. The maximum Gasteiger partial charge on any atom is 0.404 e. The molecule has 0 saturated carbocycles. The molecular formula is C17H13Cl2FN4O4S. The molecule has 0 aliphatic carbocycles. The number of halogens is 3. The monoisotopic (exact) mass is 458 g/mol. The van der Waals surface area contributed by atoms with Crippen LogP contribution in [0.3, 0.4) is 0 Å². The summed E-state index contributed by atoms with van der Waals surface area (Å²) in [7, 11) is -4.12. The van der Waals surface area contributed by atoms with E-state index in [0.29, 0.717) is 0 Å². The zero-order valence-electron chi connectivity index (χ0n) is 14.5. The van der Waals surface area contributed by atoms with E-state index < -0.39 is 21.7 Å². The largest absolute Gasteiger partial charge is 0.465 e. The Kier molecular flexibility index (Phi) is 6.06. The fraction of sp³-hybridized carbons (Fsp3) is 0.118. The number of aromatic nitrogens is 3. The van der Waals surface area contributed by atoms with Crippen LogP contribution >= 0.6 is 23.2 Å². The van der Waals surface area contributed by atoms with Gasteiger partial charge in [-0.1, -0.05) is 23.2 Å². The van der Waals surface area contributed by atoms with Crippen LogP contribution in [0.4, 0.5) is 9.18 Å². The van der Waals surface area contributed by atoms with E-state index in [1.54, 1.807) is 0 Å². The zero-order chi connectivity index (χ0) is 21.2. The van der Waals surface area contributed by atoms with Crippen molar-refractivity contribution in [3.63, 3.8) is 0 Å². The van der Waals surface area contributed by atoms with Crippen molar-refractivity contribution in [1.82, 2.24) is 20.1 Å². The number of rotatable bonds is 6. The van der Waals surface area contributed by atoms with Gasteiger partial charge in [0.2, 0.25) is 9.84 Å². The predicted octanol–water partition coefficient (Wildman–Crippen LogP) is 3.36. The molecule has 1 amide bonds. The number of sulfone groups is 1. The van der Waals surface area contributed by atoms with E-state index in [1.165, 1.54) is 24.3 Å². The molecule has 152 valence electrons. The smallest absolute Gasteiger partial charge is 0.404 e. The van der Waals surface area contributed by atoms with Gasteiger partial charge in [0.15, 0.2) is 5.03 Å². The van der Waals surface area contributed by atoms with Gasteiger partial charge in [-0.25, -0.2) is 27.3 Å². The number of nitrogens with zero attached hydrogens (tertiary/aromatic N) is 3. The maximum absolute atomic E-state index is 13.8. The van der Waals surface area contributed by atoms with Crippen LogP contribution in [-0.2, 0) is 16.3 Å². The van der Waals surface area contributed by atoms with Gasteiger partial charge in [0.25, 0.3) is 0 Å². The summed E-state index contributed by atoms with van der Waals surface area (Å²) >= 11 is 11.9. The third-order valence-corrected chi connectivity index (χ3v) is 6.05. The summed E-state index contributed by atoms with van der Waals surface area (Å²) in [6.07, 6.45) is -0.0285. The normalized spacial score (nSPS) is 11.4. The van der Waals surface area contributed by atoms with Gasteiger partial charge in [0, 0.05) is 25.2 Å². The molecule has 2 aromatic heterocycles. The Labute approximate surface area is 174 Å². The van der Waals surface area contributed by atoms with Crippen LogP contribution in [0.5, 0.6) is 0 Å². The molecule has 3 aromatic rings. The number of pyridine rings is 1. The van der Waals surface area contributed by atoms with Gasteiger partial charge in [0.05, 0.1) is 21.3 Å². The molecular weight excluding hydrogens is 446 g/mol. The van der Waals surface area contributed by atoms with Crippen molar-refractivity contribution in [1.29, 1.82) is 0 Å². The van der Waals surface area contributed by atoms with E-state index in [2.05, 4.69) is 15.4 Å². The molecule has 0 fully saturated rings. The number of amides is 1. The van der Waals surface area contributed by atoms with Gasteiger partial charge in [-0.15, -0.1) is 0 Å². The molecule has 0 aliphatic heterocycles. The van der Waals surface area contributed by atoms with Crippen molar-refractivity contribution >= 4 is 39.1 Å². The molecule has 0 saturated heterocycles. The number of carbonyl (C=O) groups is 1. The Balaban J connectivity index is 2.13. The van der Waals surface area contributed by atoms with Crippen molar-refractivity contribution in [3.05, 3.63) is 64.3 Å². The molecule has 12 heteroatoms. The first-order valence-corrected chi connectivity index (χ1v) is 10.3. The molecule has 3 rings (SSSR count). The minimum atomic E-state index is -4.12. The molecule has 0 aliphatic rings. The van der Waals surface area contributed by atoms with Crippen molar-refractivity contribution < 1.29 is 22.7 Å². The molecule has 8 nitrogen and oxygen atoms in total. The second kappa shape index (κ2) is 8.36. The van der Waals surface area contributed by atoms with Crippen molar-refractivity contribution in [2.45, 2.75) is 16.3 Å². The molecule has 29 heavy (non-hydrogen) atoms. The van der Waals surface area contributed by atoms with E-state index in [9.17, 15) is 17.6 Å². The molecule has 0 radical (unpaired) electrons. The van der Waals surface area contributed by atoms with Gasteiger partial charge in [0.1, 0.15) is 11.0 Å². The van der Waals surface area contributed by atoms with Crippen molar-refractivity contribution in [2.75, 3.05) is 6.54 Å². The SMILES string of the molecule is O=C(O)NCCc1cc(S(=O)(=O)c2ccc(Cl)nc2)n(-c2cc(F)ccc2Cl)n1. The first-order valence-electron chi connectivity index (χ1n) is 8.06. The third kappa shape index (κ3) is 4.66. The Bertz CT molecular complexity index is 1170. The molecule has 1 aromatic carbocycles. The molecule has 0 spiro atoms. The molecule has 2 heterocycles. The highest BCUT2D eigenvalue weighted by Gasteiger charge is 2.26. The second-order valence-corrected chi connectivity index (χ2v) is 8.47. The number of benzene rings is 1. The molecule has 0 bridgehead atoms. The third-order valence-electron chi connectivity index (χ3n) is 3.81. The maximum atomic E-state index is 13.8. The van der Waals surface area contributed by atoms with Crippen LogP contribution in [0.1, 0.15) is 5.69 Å². The van der Waals surface area contributed by atoms with Crippen LogP contribution in [0.25, 0.3) is 5.69 Å². The lowest BCUT2D eigenvalue weighted by molar-refractivity contribution is 0.194. The Morgan fingerprint density at radius 2 is 1.97 bits per heavy atom. The van der Waals surface area contributed by atoms with Gasteiger partial charge in [-0.3, -0.25) is 0 Å². The minimum absolute atomic E-state index is 0.00518. The lowest BCUT2D eigenvalue weighted by Gasteiger charge is -2.10. The minimum Gasteiger partial charge on any atom is -0.465 e. The van der Waals surface area contributed by atoms with Crippen LogP contribution in [-0.4, -0.2) is 40.9 Å². The van der Waals surface area contributed by atoms with Crippen LogP contribution < -0.4 is 5.32 Å². The lowest BCUT2D eigenvalue weighted by atomic mass is 10.3.